The van der Waals surface area contributed by atoms with E-state index in [1.54, 1.807) is 0 Å². The van der Waals surface area contributed by atoms with Gasteiger partial charge in [0.2, 0.25) is 20.0 Å². The Kier molecular flexibility index (Phi) is 7.00. The molecule has 24 heavy (non-hydrogen) atoms. The second kappa shape index (κ2) is 7.96. The number of sulfonamides is 2. The maximum absolute atomic E-state index is 14.1. The van der Waals surface area contributed by atoms with Crippen LogP contribution in [-0.2, 0) is 20.0 Å². The van der Waals surface area contributed by atoms with Crippen LogP contribution >= 0.6 is 12.4 Å². The molecule has 0 aliphatic carbocycles. The summed E-state index contributed by atoms with van der Waals surface area (Å²) in [5.74, 6) is -1.15. The van der Waals surface area contributed by atoms with E-state index in [1.165, 1.54) is 17.3 Å². The molecule has 1 unspecified atom stereocenters. The van der Waals surface area contributed by atoms with Crippen molar-refractivity contribution in [3.63, 3.8) is 0 Å². The maximum Gasteiger partial charge on any atom is 0.243 e. The summed E-state index contributed by atoms with van der Waals surface area (Å²) < 4.78 is 65.3. The molecule has 0 radical (unpaired) electrons. The molecule has 1 saturated heterocycles. The van der Waals surface area contributed by atoms with Crippen molar-refractivity contribution in [2.24, 2.45) is 5.73 Å². The van der Waals surface area contributed by atoms with E-state index in [1.807, 2.05) is 0 Å². The fraction of sp³-hybridized carbons (Fsp3) is 0.538. The third-order valence-electron chi connectivity index (χ3n) is 3.64. The number of piperidine rings is 1. The van der Waals surface area contributed by atoms with Gasteiger partial charge >= 0.3 is 0 Å². The van der Waals surface area contributed by atoms with E-state index in [0.29, 0.717) is 13.0 Å². The number of rotatable bonds is 5. The highest BCUT2D eigenvalue weighted by Crippen LogP contribution is 2.24. The Bertz CT molecular complexity index is 786. The van der Waals surface area contributed by atoms with Gasteiger partial charge in [0.15, 0.2) is 0 Å². The average Bonchev–Trinajstić information content (AvgIpc) is 2.49. The summed E-state index contributed by atoms with van der Waals surface area (Å²) in [7, 11) is -7.48. The lowest BCUT2D eigenvalue weighted by Crippen LogP contribution is -2.45. The molecule has 11 heteroatoms. The molecule has 1 heterocycles. The molecule has 0 bridgehead atoms. The van der Waals surface area contributed by atoms with Crippen LogP contribution in [0.1, 0.15) is 19.8 Å². The van der Waals surface area contributed by atoms with E-state index in [0.717, 1.165) is 18.6 Å². The first kappa shape index (κ1) is 21.1. The van der Waals surface area contributed by atoms with Crippen LogP contribution in [0, 0.1) is 5.82 Å². The predicted molar refractivity (Wildman–Crippen MR) is 92.7 cm³/mol. The number of nitrogens with zero attached hydrogens (tertiary/aromatic N) is 1. The molecule has 1 atom stereocenters. The van der Waals surface area contributed by atoms with E-state index >= 15 is 0 Å². The molecule has 1 aromatic carbocycles. The van der Waals surface area contributed by atoms with Crippen molar-refractivity contribution in [2.75, 3.05) is 23.6 Å². The van der Waals surface area contributed by atoms with E-state index < -0.39 is 25.9 Å². The van der Waals surface area contributed by atoms with Crippen molar-refractivity contribution in [2.45, 2.75) is 30.7 Å². The fourth-order valence-corrected chi connectivity index (χ4v) is 4.51. The van der Waals surface area contributed by atoms with Gasteiger partial charge in [-0.05, 0) is 38.0 Å². The first-order chi connectivity index (χ1) is 10.7. The van der Waals surface area contributed by atoms with Gasteiger partial charge in [-0.25, -0.2) is 21.2 Å². The number of anilines is 1. The van der Waals surface area contributed by atoms with Crippen molar-refractivity contribution >= 4 is 38.1 Å². The van der Waals surface area contributed by atoms with Crippen molar-refractivity contribution in [3.8, 4) is 0 Å². The topological polar surface area (TPSA) is 110 Å². The average molecular weight is 402 g/mol. The zero-order valence-electron chi connectivity index (χ0n) is 13.1. The molecular weight excluding hydrogens is 381 g/mol. The molecule has 0 amide bonds. The van der Waals surface area contributed by atoms with Crippen LogP contribution in [0.25, 0.3) is 0 Å². The molecule has 0 aromatic heterocycles. The first-order valence-electron chi connectivity index (χ1n) is 7.21. The van der Waals surface area contributed by atoms with Gasteiger partial charge in [-0.3, -0.25) is 4.72 Å². The van der Waals surface area contributed by atoms with Gasteiger partial charge in [-0.2, -0.15) is 4.31 Å². The molecule has 7 nitrogen and oxygen atoms in total. The lowest BCUT2D eigenvalue weighted by atomic mass is 10.1. The van der Waals surface area contributed by atoms with Gasteiger partial charge in [0, 0.05) is 19.1 Å². The summed E-state index contributed by atoms with van der Waals surface area (Å²) in [5.41, 5.74) is 5.51. The third-order valence-corrected chi connectivity index (χ3v) is 6.80. The summed E-state index contributed by atoms with van der Waals surface area (Å²) in [4.78, 5) is -0.219. The van der Waals surface area contributed by atoms with Crippen molar-refractivity contribution < 1.29 is 21.2 Å². The molecule has 1 aromatic rings. The zero-order valence-corrected chi connectivity index (χ0v) is 15.6. The van der Waals surface area contributed by atoms with E-state index in [2.05, 4.69) is 4.72 Å². The van der Waals surface area contributed by atoms with Gasteiger partial charge in [0.05, 0.1) is 16.3 Å². The highest BCUT2D eigenvalue weighted by molar-refractivity contribution is 7.92. The monoisotopic (exact) mass is 401 g/mol. The summed E-state index contributed by atoms with van der Waals surface area (Å²) in [6.45, 7) is 1.94. The fourth-order valence-electron chi connectivity index (χ4n) is 2.32. The van der Waals surface area contributed by atoms with Crippen LogP contribution in [0.4, 0.5) is 10.1 Å². The lowest BCUT2D eigenvalue weighted by Gasteiger charge is -2.29. The normalized spacial score (nSPS) is 19.5. The largest absolute Gasteiger partial charge is 0.327 e. The Labute approximate surface area is 147 Å². The lowest BCUT2D eigenvalue weighted by molar-refractivity contribution is 0.316. The van der Waals surface area contributed by atoms with Crippen LogP contribution in [0.5, 0.6) is 0 Å². The SMILES string of the molecule is CCS(=O)(=O)Nc1ccc(S(=O)(=O)N2CCCC(N)C2)cc1F.Cl. The van der Waals surface area contributed by atoms with E-state index in [4.69, 9.17) is 5.73 Å². The van der Waals surface area contributed by atoms with Crippen LogP contribution in [0.2, 0.25) is 0 Å². The molecule has 1 fully saturated rings. The Morgan fingerprint density at radius 3 is 2.54 bits per heavy atom. The van der Waals surface area contributed by atoms with Crippen molar-refractivity contribution in [1.82, 2.24) is 4.31 Å². The minimum atomic E-state index is -3.85. The number of nitrogens with two attached hydrogens (primary N) is 1. The Morgan fingerprint density at radius 1 is 1.33 bits per heavy atom. The van der Waals surface area contributed by atoms with Crippen molar-refractivity contribution in [1.29, 1.82) is 0 Å². The molecule has 0 saturated carbocycles. The van der Waals surface area contributed by atoms with Crippen LogP contribution < -0.4 is 10.5 Å². The number of benzene rings is 1. The summed E-state index contributed by atoms with van der Waals surface area (Å²) in [6, 6.07) is 2.88. The second-order valence-electron chi connectivity index (χ2n) is 5.41. The minimum Gasteiger partial charge on any atom is -0.327 e. The molecular formula is C13H21ClFN3O4S2. The summed E-state index contributed by atoms with van der Waals surface area (Å²) in [5, 5.41) is 0. The molecule has 1 aliphatic heterocycles. The molecule has 0 spiro atoms. The highest BCUT2D eigenvalue weighted by Gasteiger charge is 2.29. The standard InChI is InChI=1S/C13H20FN3O4S2.ClH/c1-2-22(18,19)16-13-6-5-11(8-12(13)14)23(20,21)17-7-3-4-10(15)9-17;/h5-6,8,10,16H,2-4,7,9,15H2,1H3;1H. The smallest absolute Gasteiger partial charge is 0.243 e. The van der Waals surface area contributed by atoms with Gasteiger partial charge in [0.25, 0.3) is 0 Å². The Hall–Kier alpha value is -0.940. The van der Waals surface area contributed by atoms with Crippen molar-refractivity contribution in [3.05, 3.63) is 24.0 Å². The quantitative estimate of drug-likeness (QED) is 0.768. The number of nitrogens with one attached hydrogen (secondary N) is 1. The summed E-state index contributed by atoms with van der Waals surface area (Å²) >= 11 is 0. The third kappa shape index (κ3) is 4.79. The zero-order chi connectivity index (χ0) is 17.3. The number of halogens is 2. The minimum absolute atomic E-state index is 0. The van der Waals surface area contributed by atoms with Crippen LogP contribution in [0.15, 0.2) is 23.1 Å². The maximum atomic E-state index is 14.1. The molecule has 3 N–H and O–H groups in total. The Morgan fingerprint density at radius 2 is 2.00 bits per heavy atom. The van der Waals surface area contributed by atoms with E-state index in [9.17, 15) is 21.2 Å². The van der Waals surface area contributed by atoms with Gasteiger partial charge < -0.3 is 5.73 Å². The van der Waals surface area contributed by atoms with Gasteiger partial charge in [-0.1, -0.05) is 0 Å². The molecule has 1 aliphatic rings. The molecule has 2 rings (SSSR count). The predicted octanol–water partition coefficient (Wildman–Crippen LogP) is 1.12. The number of hydrogen-bond acceptors (Lipinski definition) is 5. The Balaban J connectivity index is 0.00000288. The number of hydrogen-bond donors (Lipinski definition) is 2. The van der Waals surface area contributed by atoms with E-state index in [-0.39, 0.29) is 41.3 Å². The second-order valence-corrected chi connectivity index (χ2v) is 9.36. The first-order valence-corrected chi connectivity index (χ1v) is 10.3. The highest BCUT2D eigenvalue weighted by atomic mass is 35.5. The van der Waals surface area contributed by atoms with Crippen LogP contribution in [-0.4, -0.2) is 46.0 Å². The van der Waals surface area contributed by atoms with Gasteiger partial charge in [0.1, 0.15) is 5.82 Å². The summed E-state index contributed by atoms with van der Waals surface area (Å²) in [6.07, 6.45) is 1.40. The van der Waals surface area contributed by atoms with Crippen LogP contribution in [0.3, 0.4) is 0 Å². The molecule has 138 valence electrons. The van der Waals surface area contributed by atoms with Gasteiger partial charge in [-0.15, -0.1) is 12.4 Å².